The second-order valence-electron chi connectivity index (χ2n) is 8.20. The number of amides is 1. The van der Waals surface area contributed by atoms with Crippen molar-refractivity contribution in [2.75, 3.05) is 13.1 Å². The van der Waals surface area contributed by atoms with Crippen molar-refractivity contribution in [1.82, 2.24) is 9.62 Å². The maximum Gasteiger partial charge on any atom is 0.339 e. The van der Waals surface area contributed by atoms with Gasteiger partial charge in [0.15, 0.2) is 0 Å². The Hall–Kier alpha value is -2.49. The summed E-state index contributed by atoms with van der Waals surface area (Å²) in [4.78, 5) is 27.0. The molecule has 1 aromatic carbocycles. The first-order valence-electron chi connectivity index (χ1n) is 10.6. The minimum absolute atomic E-state index is 0.0348. The average Bonchev–Trinajstić information content (AvgIpc) is 3.29. The van der Waals surface area contributed by atoms with Crippen LogP contribution in [0, 0.1) is 13.8 Å². The summed E-state index contributed by atoms with van der Waals surface area (Å²) in [6.07, 6.45) is 1.66. The molecule has 3 heterocycles. The molecule has 4 rings (SSSR count). The summed E-state index contributed by atoms with van der Waals surface area (Å²) >= 11 is 1.18. The molecule has 170 valence electrons. The molecule has 2 aromatic heterocycles. The molecular weight excluding hydrogens is 448 g/mol. The Morgan fingerprint density at radius 3 is 2.66 bits per heavy atom. The van der Waals surface area contributed by atoms with Crippen molar-refractivity contribution in [3.05, 3.63) is 62.8 Å². The van der Waals surface area contributed by atoms with Gasteiger partial charge in [-0.2, -0.15) is 0 Å². The number of likely N-dealkylation sites (tertiary alicyclic amines) is 1. The first kappa shape index (κ1) is 22.7. The van der Waals surface area contributed by atoms with Gasteiger partial charge < -0.3 is 9.32 Å². The van der Waals surface area contributed by atoms with Gasteiger partial charge in [0.1, 0.15) is 9.79 Å². The summed E-state index contributed by atoms with van der Waals surface area (Å²) in [5.41, 5.74) is 2.58. The second kappa shape index (κ2) is 9.17. The van der Waals surface area contributed by atoms with Crippen molar-refractivity contribution in [2.24, 2.45) is 0 Å². The molecule has 1 aliphatic rings. The monoisotopic (exact) mass is 474 g/mol. The van der Waals surface area contributed by atoms with Gasteiger partial charge in [0.25, 0.3) is 0 Å². The lowest BCUT2D eigenvalue weighted by atomic mass is 10.0. The van der Waals surface area contributed by atoms with E-state index in [9.17, 15) is 18.0 Å². The third kappa shape index (κ3) is 4.79. The summed E-state index contributed by atoms with van der Waals surface area (Å²) in [5, 5.41) is 2.62. The molecule has 9 heteroatoms. The molecule has 3 aromatic rings. The van der Waals surface area contributed by atoms with E-state index in [0.717, 1.165) is 16.5 Å². The number of aryl methyl sites for hydroxylation is 2. The molecule has 1 saturated heterocycles. The number of carbonyl (C=O) groups excluding carboxylic acids is 1. The summed E-state index contributed by atoms with van der Waals surface area (Å²) in [6, 6.07) is 8.86. The van der Waals surface area contributed by atoms with Crippen LogP contribution < -0.4 is 10.3 Å². The number of nitrogens with one attached hydrogen (secondary N) is 1. The predicted octanol–water partition coefficient (Wildman–Crippen LogP) is 3.37. The lowest BCUT2D eigenvalue weighted by Gasteiger charge is -2.32. The summed E-state index contributed by atoms with van der Waals surface area (Å²) in [6.45, 7) is 4.80. The van der Waals surface area contributed by atoms with Gasteiger partial charge in [-0.3, -0.25) is 4.79 Å². The van der Waals surface area contributed by atoms with E-state index in [1.807, 2.05) is 32.0 Å². The molecule has 0 spiro atoms. The molecule has 0 saturated carbocycles. The Bertz CT molecular complexity index is 1290. The molecule has 1 fully saturated rings. The standard InChI is InChI=1S/C23H26N2O5S2/c1-15-5-6-18-16(2)19(23(27)30-20(18)14-15)7-8-21(26)25-11-9-17(10-12-25)24-32(28,29)22-4-3-13-31-22/h3-6,13-14,17,24H,7-12H2,1-2H3. The third-order valence-electron chi connectivity index (χ3n) is 5.96. The zero-order chi connectivity index (χ0) is 22.9. The summed E-state index contributed by atoms with van der Waals surface area (Å²) in [5.74, 6) is -0.0348. The first-order chi connectivity index (χ1) is 15.2. The van der Waals surface area contributed by atoms with Crippen molar-refractivity contribution >= 4 is 38.2 Å². The molecule has 1 N–H and O–H groups in total. The topological polar surface area (TPSA) is 96.7 Å². The fourth-order valence-corrected chi connectivity index (χ4v) is 6.44. The molecular formula is C23H26N2O5S2. The fourth-order valence-electron chi connectivity index (χ4n) is 4.12. The number of hydrogen-bond acceptors (Lipinski definition) is 6. The van der Waals surface area contributed by atoms with Crippen LogP contribution in [0.3, 0.4) is 0 Å². The van der Waals surface area contributed by atoms with Crippen molar-refractivity contribution in [1.29, 1.82) is 0 Å². The molecule has 32 heavy (non-hydrogen) atoms. The Morgan fingerprint density at radius 1 is 1.22 bits per heavy atom. The number of carbonyl (C=O) groups is 1. The second-order valence-corrected chi connectivity index (χ2v) is 11.1. The van der Waals surface area contributed by atoms with Crippen LogP contribution in [0.5, 0.6) is 0 Å². The zero-order valence-electron chi connectivity index (χ0n) is 18.1. The van der Waals surface area contributed by atoms with E-state index in [-0.39, 0.29) is 18.4 Å². The fraction of sp³-hybridized carbons (Fsp3) is 0.391. The van der Waals surface area contributed by atoms with E-state index in [4.69, 9.17) is 4.42 Å². The molecule has 0 radical (unpaired) electrons. The van der Waals surface area contributed by atoms with Crippen molar-refractivity contribution in [3.8, 4) is 0 Å². The van der Waals surface area contributed by atoms with E-state index in [2.05, 4.69) is 4.72 Å². The third-order valence-corrected chi connectivity index (χ3v) is 8.88. The van der Waals surface area contributed by atoms with Gasteiger partial charge in [0, 0.05) is 36.5 Å². The van der Waals surface area contributed by atoms with Crippen LogP contribution in [0.2, 0.25) is 0 Å². The van der Waals surface area contributed by atoms with Crippen LogP contribution in [0.1, 0.15) is 36.0 Å². The van der Waals surface area contributed by atoms with Gasteiger partial charge >= 0.3 is 5.63 Å². The van der Waals surface area contributed by atoms with E-state index >= 15 is 0 Å². The highest BCUT2D eigenvalue weighted by Gasteiger charge is 2.27. The zero-order valence-corrected chi connectivity index (χ0v) is 19.7. The number of fused-ring (bicyclic) bond motifs is 1. The van der Waals surface area contributed by atoms with E-state index in [1.54, 1.807) is 22.4 Å². The van der Waals surface area contributed by atoms with Crippen molar-refractivity contribution in [3.63, 3.8) is 0 Å². The van der Waals surface area contributed by atoms with Gasteiger partial charge in [-0.25, -0.2) is 17.9 Å². The summed E-state index contributed by atoms with van der Waals surface area (Å²) in [7, 11) is -3.51. The Kier molecular flexibility index (Phi) is 6.50. The van der Waals surface area contributed by atoms with E-state index < -0.39 is 15.6 Å². The van der Waals surface area contributed by atoms with Crippen LogP contribution in [0.15, 0.2) is 49.1 Å². The maximum atomic E-state index is 12.7. The van der Waals surface area contributed by atoms with Crippen molar-refractivity contribution < 1.29 is 17.6 Å². The number of hydrogen-bond donors (Lipinski definition) is 1. The molecule has 1 aliphatic heterocycles. The number of rotatable bonds is 6. The minimum atomic E-state index is -3.51. The van der Waals surface area contributed by atoms with Crippen LogP contribution >= 0.6 is 11.3 Å². The minimum Gasteiger partial charge on any atom is -0.423 e. The predicted molar refractivity (Wildman–Crippen MR) is 125 cm³/mol. The van der Waals surface area contributed by atoms with Gasteiger partial charge in [0.05, 0.1) is 0 Å². The Morgan fingerprint density at radius 2 is 1.97 bits per heavy atom. The highest BCUT2D eigenvalue weighted by molar-refractivity contribution is 7.91. The smallest absolute Gasteiger partial charge is 0.339 e. The molecule has 7 nitrogen and oxygen atoms in total. The number of piperidine rings is 1. The number of sulfonamides is 1. The lowest BCUT2D eigenvalue weighted by molar-refractivity contribution is -0.132. The van der Waals surface area contributed by atoms with Gasteiger partial charge in [-0.05, 0) is 61.7 Å². The molecule has 0 aliphatic carbocycles. The lowest BCUT2D eigenvalue weighted by Crippen LogP contribution is -2.46. The first-order valence-corrected chi connectivity index (χ1v) is 13.0. The molecule has 0 bridgehead atoms. The molecule has 1 amide bonds. The number of nitrogens with zero attached hydrogens (tertiary/aromatic N) is 1. The van der Waals surface area contributed by atoms with Crippen LogP contribution in [-0.4, -0.2) is 38.4 Å². The van der Waals surface area contributed by atoms with Gasteiger partial charge in [-0.1, -0.05) is 18.2 Å². The highest BCUT2D eigenvalue weighted by atomic mass is 32.2. The van der Waals surface area contributed by atoms with Gasteiger partial charge in [-0.15, -0.1) is 11.3 Å². The average molecular weight is 475 g/mol. The maximum absolute atomic E-state index is 12.7. The Balaban J connectivity index is 1.35. The SMILES string of the molecule is Cc1ccc2c(C)c(CCC(=O)N3CCC(NS(=O)(=O)c4cccs4)CC3)c(=O)oc2c1. The molecule has 0 atom stereocenters. The molecule has 0 unspecified atom stereocenters. The highest BCUT2D eigenvalue weighted by Crippen LogP contribution is 2.22. The number of thiophene rings is 1. The number of benzene rings is 1. The quantitative estimate of drug-likeness (QED) is 0.553. The van der Waals surface area contributed by atoms with E-state index in [1.165, 1.54) is 11.3 Å². The van der Waals surface area contributed by atoms with Crippen molar-refractivity contribution in [2.45, 2.75) is 49.8 Å². The normalized spacial score (nSPS) is 15.4. The summed E-state index contributed by atoms with van der Waals surface area (Å²) < 4.78 is 33.3. The van der Waals surface area contributed by atoms with Gasteiger partial charge in [0.2, 0.25) is 15.9 Å². The van der Waals surface area contributed by atoms with Crippen LogP contribution in [0.25, 0.3) is 11.0 Å². The van der Waals surface area contributed by atoms with Crippen LogP contribution in [-0.2, 0) is 21.2 Å². The van der Waals surface area contributed by atoms with Crippen LogP contribution in [0.4, 0.5) is 0 Å². The Labute approximate surface area is 191 Å². The largest absolute Gasteiger partial charge is 0.423 e. The van der Waals surface area contributed by atoms with E-state index in [0.29, 0.717) is 47.7 Å².